The highest BCUT2D eigenvalue weighted by molar-refractivity contribution is 4.88. The average molecular weight is 171 g/mol. The molecule has 0 amide bonds. The molecule has 0 heterocycles. The van der Waals surface area contributed by atoms with E-state index in [1.54, 1.807) is 0 Å². The Morgan fingerprint density at radius 3 is 2.83 bits per heavy atom. The summed E-state index contributed by atoms with van der Waals surface area (Å²) in [5.41, 5.74) is 5.43. The molecule has 0 fully saturated rings. The molecule has 2 N–H and O–H groups in total. The summed E-state index contributed by atoms with van der Waals surface area (Å²) in [5, 5.41) is 8.42. The second-order valence-electron chi connectivity index (χ2n) is 2.69. The van der Waals surface area contributed by atoms with Gasteiger partial charge in [0, 0.05) is 19.7 Å². The molecule has 0 bridgehead atoms. The molecular weight excluding hydrogens is 154 g/mol. The first-order valence-electron chi connectivity index (χ1n) is 4.12. The van der Waals surface area contributed by atoms with Gasteiger partial charge in [-0.25, -0.2) is 0 Å². The smallest absolute Gasteiger partial charge is 0.106 e. The molecule has 0 saturated carbocycles. The van der Waals surface area contributed by atoms with Crippen LogP contribution in [0.2, 0.25) is 0 Å². The molecule has 4 nitrogen and oxygen atoms in total. The molecule has 0 rings (SSSR count). The maximum Gasteiger partial charge on any atom is 0.106 e. The van der Waals surface area contributed by atoms with Crippen molar-refractivity contribution in [1.29, 1.82) is 5.26 Å². The van der Waals surface area contributed by atoms with Crippen LogP contribution < -0.4 is 5.73 Å². The van der Waals surface area contributed by atoms with Crippen molar-refractivity contribution in [3.8, 4) is 6.07 Å². The van der Waals surface area contributed by atoms with Crippen LogP contribution in [-0.2, 0) is 4.74 Å². The van der Waals surface area contributed by atoms with Crippen molar-refractivity contribution in [2.75, 3.05) is 33.4 Å². The summed E-state index contributed by atoms with van der Waals surface area (Å²) in [7, 11) is 1.93. The number of nitrogens with zero attached hydrogens (tertiary/aromatic N) is 2. The Kier molecular flexibility index (Phi) is 6.67. The standard InChI is InChI=1S/C8H17N3O/c1-3-12-5-4-11(2)7-8(10)6-9/h8H,3-5,7,10H2,1-2H3. The fraction of sp³-hybridized carbons (Fsp3) is 0.875. The molecule has 12 heavy (non-hydrogen) atoms. The molecule has 1 atom stereocenters. The molecule has 0 aromatic rings. The lowest BCUT2D eigenvalue weighted by atomic mass is 10.3. The minimum absolute atomic E-state index is 0.392. The fourth-order valence-electron chi connectivity index (χ4n) is 0.833. The van der Waals surface area contributed by atoms with Crippen molar-refractivity contribution in [1.82, 2.24) is 4.90 Å². The molecule has 0 saturated heterocycles. The van der Waals surface area contributed by atoms with Gasteiger partial charge < -0.3 is 15.4 Å². The Morgan fingerprint density at radius 2 is 2.33 bits per heavy atom. The highest BCUT2D eigenvalue weighted by Gasteiger charge is 2.03. The Hall–Kier alpha value is -0.630. The normalized spacial score (nSPS) is 12.9. The predicted molar refractivity (Wildman–Crippen MR) is 47.6 cm³/mol. The Labute approximate surface area is 73.9 Å². The predicted octanol–water partition coefficient (Wildman–Crippen LogP) is -0.194. The monoisotopic (exact) mass is 171 g/mol. The second kappa shape index (κ2) is 7.04. The second-order valence-corrected chi connectivity index (χ2v) is 2.69. The van der Waals surface area contributed by atoms with E-state index in [0.29, 0.717) is 13.2 Å². The number of hydrogen-bond donors (Lipinski definition) is 1. The van der Waals surface area contributed by atoms with E-state index in [1.165, 1.54) is 0 Å². The van der Waals surface area contributed by atoms with Gasteiger partial charge in [0.25, 0.3) is 0 Å². The van der Waals surface area contributed by atoms with Gasteiger partial charge in [-0.1, -0.05) is 0 Å². The van der Waals surface area contributed by atoms with E-state index in [4.69, 9.17) is 15.7 Å². The third-order valence-corrected chi connectivity index (χ3v) is 1.50. The van der Waals surface area contributed by atoms with Crippen LogP contribution in [0.3, 0.4) is 0 Å². The van der Waals surface area contributed by atoms with Gasteiger partial charge in [0.15, 0.2) is 0 Å². The highest BCUT2D eigenvalue weighted by Crippen LogP contribution is 1.85. The molecule has 0 aromatic heterocycles. The van der Waals surface area contributed by atoms with Crippen molar-refractivity contribution in [3.63, 3.8) is 0 Å². The number of nitrogens with two attached hydrogens (primary N) is 1. The molecule has 0 radical (unpaired) electrons. The highest BCUT2D eigenvalue weighted by atomic mass is 16.5. The van der Waals surface area contributed by atoms with E-state index in [1.807, 2.05) is 24.9 Å². The third-order valence-electron chi connectivity index (χ3n) is 1.50. The first-order chi connectivity index (χ1) is 5.70. The quantitative estimate of drug-likeness (QED) is 0.562. The van der Waals surface area contributed by atoms with E-state index >= 15 is 0 Å². The van der Waals surface area contributed by atoms with Gasteiger partial charge in [0.1, 0.15) is 6.04 Å². The van der Waals surface area contributed by atoms with Crippen molar-refractivity contribution < 1.29 is 4.74 Å². The third kappa shape index (κ3) is 6.10. The summed E-state index contributed by atoms with van der Waals surface area (Å²) in [6.07, 6.45) is 0. The van der Waals surface area contributed by atoms with Gasteiger partial charge in [-0.3, -0.25) is 0 Å². The van der Waals surface area contributed by atoms with Crippen LogP contribution in [0.5, 0.6) is 0 Å². The van der Waals surface area contributed by atoms with Crippen LogP contribution in [0.4, 0.5) is 0 Å². The Bertz CT molecular complexity index is 144. The van der Waals surface area contributed by atoms with Crippen molar-refractivity contribution in [3.05, 3.63) is 0 Å². The summed E-state index contributed by atoms with van der Waals surface area (Å²) >= 11 is 0. The van der Waals surface area contributed by atoms with Crippen LogP contribution in [0.25, 0.3) is 0 Å². The summed E-state index contributed by atoms with van der Waals surface area (Å²) in [5.74, 6) is 0. The number of hydrogen-bond acceptors (Lipinski definition) is 4. The Balaban J connectivity index is 3.34. The number of nitriles is 1. The maximum absolute atomic E-state index is 8.42. The molecular formula is C8H17N3O. The van der Waals surface area contributed by atoms with Gasteiger partial charge in [0.05, 0.1) is 12.7 Å². The lowest BCUT2D eigenvalue weighted by Crippen LogP contribution is -2.35. The van der Waals surface area contributed by atoms with Crippen LogP contribution in [-0.4, -0.2) is 44.3 Å². The molecule has 70 valence electrons. The molecule has 0 spiro atoms. The van der Waals surface area contributed by atoms with E-state index in [2.05, 4.69) is 0 Å². The van der Waals surface area contributed by atoms with Crippen LogP contribution in [0.1, 0.15) is 6.92 Å². The zero-order valence-corrected chi connectivity index (χ0v) is 7.79. The van der Waals surface area contributed by atoms with E-state index in [0.717, 1.165) is 13.2 Å². The largest absolute Gasteiger partial charge is 0.380 e. The zero-order valence-electron chi connectivity index (χ0n) is 7.79. The molecule has 0 aliphatic heterocycles. The number of ether oxygens (including phenoxy) is 1. The SMILES string of the molecule is CCOCCN(C)CC(N)C#N. The van der Waals surface area contributed by atoms with Crippen LogP contribution in [0, 0.1) is 11.3 Å². The van der Waals surface area contributed by atoms with Gasteiger partial charge in [0.2, 0.25) is 0 Å². The first kappa shape index (κ1) is 11.4. The summed E-state index contributed by atoms with van der Waals surface area (Å²) in [6.45, 7) is 4.82. The number of likely N-dealkylation sites (N-methyl/N-ethyl adjacent to an activating group) is 1. The summed E-state index contributed by atoms with van der Waals surface area (Å²) < 4.78 is 5.15. The van der Waals surface area contributed by atoms with Gasteiger partial charge in [-0.05, 0) is 14.0 Å². The van der Waals surface area contributed by atoms with Crippen LogP contribution >= 0.6 is 0 Å². The van der Waals surface area contributed by atoms with E-state index < -0.39 is 6.04 Å². The van der Waals surface area contributed by atoms with Crippen molar-refractivity contribution in [2.45, 2.75) is 13.0 Å². The first-order valence-corrected chi connectivity index (χ1v) is 4.12. The van der Waals surface area contributed by atoms with Gasteiger partial charge >= 0.3 is 0 Å². The fourth-order valence-corrected chi connectivity index (χ4v) is 0.833. The molecule has 0 aliphatic rings. The average Bonchev–Trinajstić information content (AvgIpc) is 2.05. The lowest BCUT2D eigenvalue weighted by Gasteiger charge is -2.16. The minimum atomic E-state index is -0.392. The summed E-state index contributed by atoms with van der Waals surface area (Å²) in [6, 6.07) is 1.59. The minimum Gasteiger partial charge on any atom is -0.380 e. The molecule has 0 aliphatic carbocycles. The lowest BCUT2D eigenvalue weighted by molar-refractivity contribution is 0.122. The molecule has 0 aromatic carbocycles. The van der Waals surface area contributed by atoms with E-state index in [9.17, 15) is 0 Å². The van der Waals surface area contributed by atoms with Crippen molar-refractivity contribution >= 4 is 0 Å². The Morgan fingerprint density at radius 1 is 1.67 bits per heavy atom. The zero-order chi connectivity index (χ0) is 9.40. The van der Waals surface area contributed by atoms with Crippen molar-refractivity contribution in [2.24, 2.45) is 5.73 Å². The molecule has 4 heteroatoms. The molecule has 1 unspecified atom stereocenters. The topological polar surface area (TPSA) is 62.3 Å². The van der Waals surface area contributed by atoms with E-state index in [-0.39, 0.29) is 0 Å². The van der Waals surface area contributed by atoms with Gasteiger partial charge in [-0.15, -0.1) is 0 Å². The number of rotatable bonds is 6. The van der Waals surface area contributed by atoms with Gasteiger partial charge in [-0.2, -0.15) is 5.26 Å². The maximum atomic E-state index is 8.42. The summed E-state index contributed by atoms with van der Waals surface area (Å²) in [4.78, 5) is 1.99. The van der Waals surface area contributed by atoms with Crippen LogP contribution in [0.15, 0.2) is 0 Å².